The molecule has 0 aliphatic rings. The summed E-state index contributed by atoms with van der Waals surface area (Å²) >= 11 is 0. The number of aromatic nitrogens is 2. The Kier molecular flexibility index (Phi) is 3.63. The summed E-state index contributed by atoms with van der Waals surface area (Å²) in [4.78, 5) is 12.2. The smallest absolute Gasteiger partial charge is 0.260 e. The van der Waals surface area contributed by atoms with Gasteiger partial charge < -0.3 is 5.32 Å². The number of hydrogen-bond acceptors (Lipinski definition) is 4. The van der Waals surface area contributed by atoms with Gasteiger partial charge in [0.2, 0.25) is 0 Å². The van der Waals surface area contributed by atoms with Crippen LogP contribution in [0.5, 0.6) is 0 Å². The van der Waals surface area contributed by atoms with E-state index in [4.69, 9.17) is 0 Å². The molecule has 0 bridgehead atoms. The number of rotatable bonds is 3. The summed E-state index contributed by atoms with van der Waals surface area (Å²) in [6.07, 6.45) is 1.02. The maximum atomic E-state index is 12.2. The monoisotopic (exact) mass is 293 g/mol. The van der Waals surface area contributed by atoms with Crippen molar-refractivity contribution in [2.75, 3.05) is 11.6 Å². The Balaban J connectivity index is 2.35. The molecule has 20 heavy (non-hydrogen) atoms. The van der Waals surface area contributed by atoms with Crippen LogP contribution in [0.4, 0.5) is 5.69 Å². The zero-order valence-electron chi connectivity index (χ0n) is 11.4. The molecule has 0 atom stereocenters. The summed E-state index contributed by atoms with van der Waals surface area (Å²) in [6.45, 7) is 3.54. The van der Waals surface area contributed by atoms with Gasteiger partial charge in [-0.3, -0.25) is 9.89 Å². The van der Waals surface area contributed by atoms with Crippen LogP contribution in [-0.4, -0.2) is 30.8 Å². The lowest BCUT2D eigenvalue weighted by Gasteiger charge is -2.06. The quantitative estimate of drug-likeness (QED) is 0.900. The van der Waals surface area contributed by atoms with E-state index < -0.39 is 15.7 Å². The number of anilines is 1. The van der Waals surface area contributed by atoms with Crippen molar-refractivity contribution in [2.45, 2.75) is 18.9 Å². The van der Waals surface area contributed by atoms with Crippen LogP contribution in [0, 0.1) is 13.8 Å². The van der Waals surface area contributed by atoms with Gasteiger partial charge in [0.05, 0.1) is 5.56 Å². The van der Waals surface area contributed by atoms with E-state index in [-0.39, 0.29) is 10.6 Å². The Morgan fingerprint density at radius 1 is 1.20 bits per heavy atom. The summed E-state index contributed by atoms with van der Waals surface area (Å²) in [5.74, 6) is -0.500. The minimum absolute atomic E-state index is 0.0491. The molecule has 0 aliphatic carbocycles. The van der Waals surface area contributed by atoms with Crippen LogP contribution in [0.1, 0.15) is 21.6 Å². The normalized spacial score (nSPS) is 11.3. The van der Waals surface area contributed by atoms with Crippen LogP contribution in [0.2, 0.25) is 0 Å². The van der Waals surface area contributed by atoms with E-state index in [1.807, 2.05) is 19.1 Å². The number of aryl methyl sites for hydroxylation is 2. The number of H-pyrrole nitrogens is 1. The van der Waals surface area contributed by atoms with E-state index in [2.05, 4.69) is 15.5 Å². The van der Waals surface area contributed by atoms with E-state index in [1.165, 1.54) is 0 Å². The van der Waals surface area contributed by atoms with Crippen molar-refractivity contribution in [2.24, 2.45) is 0 Å². The predicted octanol–water partition coefficient (Wildman–Crippen LogP) is 1.68. The fourth-order valence-corrected chi connectivity index (χ4v) is 2.60. The number of hydrogen-bond donors (Lipinski definition) is 2. The molecule has 106 valence electrons. The summed E-state index contributed by atoms with van der Waals surface area (Å²) in [5, 5.41) is 8.64. The molecule has 2 aromatic rings. The van der Waals surface area contributed by atoms with E-state index in [0.29, 0.717) is 11.4 Å². The third-order valence-corrected chi connectivity index (χ3v) is 3.80. The fourth-order valence-electron chi connectivity index (χ4n) is 1.77. The van der Waals surface area contributed by atoms with Crippen LogP contribution in [0.3, 0.4) is 0 Å². The Labute approximate surface area is 117 Å². The highest BCUT2D eigenvalue weighted by Crippen LogP contribution is 2.18. The van der Waals surface area contributed by atoms with Crippen molar-refractivity contribution in [3.8, 4) is 0 Å². The third kappa shape index (κ3) is 2.88. The highest BCUT2D eigenvalue weighted by atomic mass is 32.2. The lowest BCUT2D eigenvalue weighted by atomic mass is 10.2. The average molecular weight is 293 g/mol. The first kappa shape index (κ1) is 14.3. The summed E-state index contributed by atoms with van der Waals surface area (Å²) in [7, 11) is -3.56. The van der Waals surface area contributed by atoms with Crippen LogP contribution < -0.4 is 5.32 Å². The van der Waals surface area contributed by atoms with Gasteiger partial charge in [-0.1, -0.05) is 17.7 Å². The Bertz CT molecular complexity index is 746. The lowest BCUT2D eigenvalue weighted by Crippen LogP contribution is -2.16. The average Bonchev–Trinajstić information content (AvgIpc) is 2.74. The molecule has 0 aliphatic heterocycles. The van der Waals surface area contributed by atoms with Gasteiger partial charge in [-0.2, -0.15) is 5.10 Å². The van der Waals surface area contributed by atoms with E-state index in [1.54, 1.807) is 19.1 Å². The van der Waals surface area contributed by atoms with Gasteiger partial charge in [-0.05, 0) is 26.0 Å². The topological polar surface area (TPSA) is 91.9 Å². The number of aromatic amines is 1. The number of nitrogens with one attached hydrogen (secondary N) is 2. The van der Waals surface area contributed by atoms with E-state index >= 15 is 0 Å². The largest absolute Gasteiger partial charge is 0.322 e. The maximum Gasteiger partial charge on any atom is 0.260 e. The van der Waals surface area contributed by atoms with Crippen LogP contribution in [-0.2, 0) is 9.84 Å². The van der Waals surface area contributed by atoms with E-state index in [9.17, 15) is 13.2 Å². The van der Waals surface area contributed by atoms with Crippen molar-refractivity contribution in [1.82, 2.24) is 10.2 Å². The van der Waals surface area contributed by atoms with Gasteiger partial charge >= 0.3 is 0 Å². The molecule has 6 nitrogen and oxygen atoms in total. The van der Waals surface area contributed by atoms with Crippen molar-refractivity contribution >= 4 is 21.4 Å². The number of nitrogens with zero attached hydrogens (tertiary/aromatic N) is 1. The van der Waals surface area contributed by atoms with Crippen molar-refractivity contribution in [3.05, 3.63) is 41.1 Å². The molecular formula is C13H15N3O3S. The number of carbonyl (C=O) groups is 1. The Hall–Kier alpha value is -2.15. The molecule has 7 heteroatoms. The van der Waals surface area contributed by atoms with Gasteiger partial charge in [0.25, 0.3) is 5.91 Å². The molecule has 2 N–H and O–H groups in total. The molecule has 1 aromatic heterocycles. The molecule has 1 aromatic carbocycles. The minimum Gasteiger partial charge on any atom is -0.322 e. The zero-order chi connectivity index (χ0) is 14.9. The summed E-state index contributed by atoms with van der Waals surface area (Å²) in [6, 6.07) is 7.22. The van der Waals surface area contributed by atoms with Crippen LogP contribution >= 0.6 is 0 Å². The molecule has 0 saturated carbocycles. The molecular weight excluding hydrogens is 278 g/mol. The number of amides is 1. The van der Waals surface area contributed by atoms with Crippen molar-refractivity contribution in [1.29, 1.82) is 0 Å². The predicted molar refractivity (Wildman–Crippen MR) is 75.6 cm³/mol. The second-order valence-corrected chi connectivity index (χ2v) is 6.55. The number of benzene rings is 1. The van der Waals surface area contributed by atoms with Crippen LogP contribution in [0.25, 0.3) is 0 Å². The molecule has 1 amide bonds. The van der Waals surface area contributed by atoms with Crippen molar-refractivity contribution < 1.29 is 13.2 Å². The SMILES string of the molecule is Cc1ccc(NC(=O)c2c(S(C)(=O)=O)n[nH]c2C)cc1. The summed E-state index contributed by atoms with van der Waals surface area (Å²) in [5.41, 5.74) is 2.13. The second-order valence-electron chi connectivity index (χ2n) is 4.62. The Morgan fingerprint density at radius 2 is 1.80 bits per heavy atom. The van der Waals surface area contributed by atoms with Gasteiger partial charge in [0, 0.05) is 17.6 Å². The molecule has 0 saturated heterocycles. The maximum absolute atomic E-state index is 12.2. The highest BCUT2D eigenvalue weighted by molar-refractivity contribution is 7.90. The Morgan fingerprint density at radius 3 is 2.35 bits per heavy atom. The second kappa shape index (κ2) is 5.09. The lowest BCUT2D eigenvalue weighted by molar-refractivity contribution is 0.102. The van der Waals surface area contributed by atoms with Gasteiger partial charge in [-0.25, -0.2) is 8.42 Å². The fraction of sp³-hybridized carbons (Fsp3) is 0.231. The van der Waals surface area contributed by atoms with Crippen molar-refractivity contribution in [3.63, 3.8) is 0 Å². The molecule has 0 fully saturated rings. The molecule has 0 unspecified atom stereocenters. The van der Waals surface area contributed by atoms with E-state index in [0.717, 1.165) is 11.8 Å². The first-order chi connectivity index (χ1) is 9.29. The van der Waals surface area contributed by atoms with Gasteiger partial charge in [-0.15, -0.1) is 0 Å². The van der Waals surface area contributed by atoms with Gasteiger partial charge in [0.15, 0.2) is 14.9 Å². The molecule has 1 heterocycles. The van der Waals surface area contributed by atoms with Gasteiger partial charge in [0.1, 0.15) is 0 Å². The number of carbonyl (C=O) groups excluding carboxylic acids is 1. The molecule has 2 rings (SSSR count). The first-order valence-corrected chi connectivity index (χ1v) is 7.81. The highest BCUT2D eigenvalue weighted by Gasteiger charge is 2.24. The molecule has 0 spiro atoms. The zero-order valence-corrected chi connectivity index (χ0v) is 12.2. The van der Waals surface area contributed by atoms with Crippen LogP contribution in [0.15, 0.2) is 29.3 Å². The summed E-state index contributed by atoms with van der Waals surface area (Å²) < 4.78 is 23.2. The standard InChI is InChI=1S/C13H15N3O3S/c1-8-4-6-10(7-5-8)14-12(17)11-9(2)15-16-13(11)20(3,18)19/h4-7H,1-3H3,(H,14,17)(H,15,16). The molecule has 0 radical (unpaired) electrons. The number of sulfone groups is 1. The third-order valence-electron chi connectivity index (χ3n) is 2.80. The minimum atomic E-state index is -3.56. The first-order valence-electron chi connectivity index (χ1n) is 5.92.